The second-order valence-electron chi connectivity index (χ2n) is 12.4. The highest BCUT2D eigenvalue weighted by Gasteiger charge is 2.15. The Bertz CT molecular complexity index is 1590. The van der Waals surface area contributed by atoms with Gasteiger partial charge in [0, 0.05) is 12.1 Å². The quantitative estimate of drug-likeness (QED) is 0.0660. The number of nitrogens with zero attached hydrogens (tertiary/aromatic N) is 2. The predicted molar refractivity (Wildman–Crippen MR) is 189 cm³/mol. The normalized spacial score (nSPS) is 12.5. The van der Waals surface area contributed by atoms with E-state index in [-0.39, 0.29) is 5.97 Å². The summed E-state index contributed by atoms with van der Waals surface area (Å²) in [5, 5.41) is 0. The first-order chi connectivity index (χ1) is 23.1. The zero-order valence-electron chi connectivity index (χ0n) is 27.6. The SMILES string of the molecule is [C-]#[N+]c1ccc(-c2ccc(OCCCCCCCCCCCCOC(=O)c3ccc(-c4ccc5c(c4)CN(C)CO5)cc3)cc2)cc1. The molecule has 0 amide bonds. The molecular weight excluding hydrogens is 584 g/mol. The van der Waals surface area contributed by atoms with Crippen molar-refractivity contribution in [3.8, 4) is 33.8 Å². The molecule has 0 unspecified atom stereocenters. The van der Waals surface area contributed by atoms with Crippen LogP contribution in [0.15, 0.2) is 91.0 Å². The number of esters is 1. The Morgan fingerprint density at radius 3 is 1.87 bits per heavy atom. The lowest BCUT2D eigenvalue weighted by Crippen LogP contribution is -2.27. The number of hydrogen-bond acceptors (Lipinski definition) is 5. The summed E-state index contributed by atoms with van der Waals surface area (Å²) in [5.41, 5.74) is 6.86. The number of carbonyl (C=O) groups excluding carboxylic acids is 1. The summed E-state index contributed by atoms with van der Waals surface area (Å²) >= 11 is 0. The molecule has 1 heterocycles. The Labute approximate surface area is 280 Å². The summed E-state index contributed by atoms with van der Waals surface area (Å²) in [5.74, 6) is 1.60. The van der Waals surface area contributed by atoms with Gasteiger partial charge in [0.05, 0.1) is 25.3 Å². The number of carbonyl (C=O) groups is 1. The molecule has 0 atom stereocenters. The zero-order chi connectivity index (χ0) is 32.7. The molecule has 0 fully saturated rings. The van der Waals surface area contributed by atoms with Gasteiger partial charge in [-0.1, -0.05) is 106 Å². The van der Waals surface area contributed by atoms with Crippen molar-refractivity contribution in [3.63, 3.8) is 0 Å². The zero-order valence-corrected chi connectivity index (χ0v) is 27.6. The number of unbranched alkanes of at least 4 members (excludes halogenated alkanes) is 9. The van der Waals surface area contributed by atoms with Gasteiger partial charge in [-0.25, -0.2) is 9.64 Å². The summed E-state index contributed by atoms with van der Waals surface area (Å²) in [4.78, 5) is 18.1. The average Bonchev–Trinajstić information content (AvgIpc) is 3.11. The molecule has 5 rings (SSSR count). The standard InChI is InChI=1S/C41H46N2O4/c1-42-38-22-17-32(18-23-38)33-19-24-39(25-20-33)45-27-11-9-7-5-3-4-6-8-10-12-28-46-41(44)35-15-13-34(14-16-35)36-21-26-40-37(29-36)30-43(2)31-47-40/h13-26,29H,3-12,27-28,30-31H2,2H3. The second kappa shape index (κ2) is 17.9. The van der Waals surface area contributed by atoms with E-state index in [4.69, 9.17) is 20.8 Å². The van der Waals surface area contributed by atoms with Gasteiger partial charge in [-0.2, -0.15) is 0 Å². The van der Waals surface area contributed by atoms with Crippen LogP contribution in [0.1, 0.15) is 80.1 Å². The minimum absolute atomic E-state index is 0.249. The molecule has 4 aromatic rings. The summed E-state index contributed by atoms with van der Waals surface area (Å²) in [6, 6.07) is 29.8. The van der Waals surface area contributed by atoms with E-state index in [0.717, 1.165) is 66.2 Å². The highest BCUT2D eigenvalue weighted by molar-refractivity contribution is 5.90. The molecule has 0 aromatic heterocycles. The van der Waals surface area contributed by atoms with Crippen LogP contribution in [0.3, 0.4) is 0 Å². The van der Waals surface area contributed by atoms with Crippen molar-refractivity contribution in [1.82, 2.24) is 4.90 Å². The Morgan fingerprint density at radius 2 is 1.23 bits per heavy atom. The second-order valence-corrected chi connectivity index (χ2v) is 12.4. The number of fused-ring (bicyclic) bond motifs is 1. The van der Waals surface area contributed by atoms with Crippen LogP contribution in [-0.4, -0.2) is 37.9 Å². The third-order valence-electron chi connectivity index (χ3n) is 8.62. The van der Waals surface area contributed by atoms with Crippen molar-refractivity contribution in [1.29, 1.82) is 0 Å². The van der Waals surface area contributed by atoms with Crippen LogP contribution in [0, 0.1) is 6.57 Å². The smallest absolute Gasteiger partial charge is 0.338 e. The number of benzene rings is 4. The predicted octanol–water partition coefficient (Wildman–Crippen LogP) is 10.5. The maximum atomic E-state index is 12.5. The van der Waals surface area contributed by atoms with Crippen molar-refractivity contribution >= 4 is 11.7 Å². The van der Waals surface area contributed by atoms with Crippen LogP contribution in [0.25, 0.3) is 27.1 Å². The first-order valence-corrected chi connectivity index (χ1v) is 17.0. The first kappa shape index (κ1) is 33.8. The van der Waals surface area contributed by atoms with Gasteiger partial charge >= 0.3 is 5.97 Å². The molecule has 47 heavy (non-hydrogen) atoms. The van der Waals surface area contributed by atoms with E-state index >= 15 is 0 Å². The fraction of sp³-hybridized carbons (Fsp3) is 0.366. The Balaban J connectivity index is 0.848. The molecule has 0 N–H and O–H groups in total. The molecule has 0 radical (unpaired) electrons. The van der Waals surface area contributed by atoms with Gasteiger partial charge in [-0.05, 0) is 78.5 Å². The molecule has 0 bridgehead atoms. The number of rotatable bonds is 17. The molecule has 0 spiro atoms. The monoisotopic (exact) mass is 630 g/mol. The molecule has 1 aliphatic rings. The van der Waals surface area contributed by atoms with Gasteiger partial charge in [0.25, 0.3) is 0 Å². The number of ether oxygens (including phenoxy) is 3. The summed E-state index contributed by atoms with van der Waals surface area (Å²) in [6.45, 7) is 9.78. The Morgan fingerprint density at radius 1 is 0.702 bits per heavy atom. The van der Waals surface area contributed by atoms with Crippen molar-refractivity contribution in [2.45, 2.75) is 70.8 Å². The molecule has 0 saturated carbocycles. The van der Waals surface area contributed by atoms with E-state index in [9.17, 15) is 4.79 Å². The van der Waals surface area contributed by atoms with E-state index in [2.05, 4.69) is 34.0 Å². The summed E-state index contributed by atoms with van der Waals surface area (Å²) in [7, 11) is 2.04. The van der Waals surface area contributed by atoms with Crippen LogP contribution >= 0.6 is 0 Å². The summed E-state index contributed by atoms with van der Waals surface area (Å²) in [6.07, 6.45) is 11.8. The van der Waals surface area contributed by atoms with E-state index in [1.807, 2.05) is 73.8 Å². The van der Waals surface area contributed by atoms with E-state index < -0.39 is 0 Å². The fourth-order valence-electron chi connectivity index (χ4n) is 5.87. The van der Waals surface area contributed by atoms with Crippen LogP contribution < -0.4 is 9.47 Å². The minimum Gasteiger partial charge on any atom is -0.494 e. The first-order valence-electron chi connectivity index (χ1n) is 17.0. The van der Waals surface area contributed by atoms with Crippen LogP contribution in [0.5, 0.6) is 11.5 Å². The Hall–Kier alpha value is -4.60. The van der Waals surface area contributed by atoms with Crippen LogP contribution in [0.4, 0.5) is 5.69 Å². The Kier molecular flexibility index (Phi) is 12.9. The van der Waals surface area contributed by atoms with Gasteiger partial charge < -0.3 is 14.2 Å². The molecule has 0 aliphatic carbocycles. The molecule has 244 valence electrons. The largest absolute Gasteiger partial charge is 0.494 e. The summed E-state index contributed by atoms with van der Waals surface area (Å²) < 4.78 is 17.2. The molecule has 6 heteroatoms. The third kappa shape index (κ3) is 10.5. The van der Waals surface area contributed by atoms with E-state index in [0.29, 0.717) is 24.6 Å². The topological polar surface area (TPSA) is 52.4 Å². The lowest BCUT2D eigenvalue weighted by molar-refractivity contribution is 0.0497. The van der Waals surface area contributed by atoms with Crippen molar-refractivity contribution in [2.75, 3.05) is 27.0 Å². The lowest BCUT2D eigenvalue weighted by Gasteiger charge is -2.25. The van der Waals surface area contributed by atoms with Crippen molar-refractivity contribution < 1.29 is 19.0 Å². The van der Waals surface area contributed by atoms with E-state index in [1.165, 1.54) is 50.5 Å². The molecule has 4 aromatic carbocycles. The molecule has 1 aliphatic heterocycles. The third-order valence-corrected chi connectivity index (χ3v) is 8.62. The minimum atomic E-state index is -0.249. The van der Waals surface area contributed by atoms with Crippen molar-refractivity contribution in [3.05, 3.63) is 114 Å². The van der Waals surface area contributed by atoms with Gasteiger partial charge in [0.2, 0.25) is 0 Å². The van der Waals surface area contributed by atoms with E-state index in [1.54, 1.807) is 0 Å². The lowest BCUT2D eigenvalue weighted by atomic mass is 10.0. The van der Waals surface area contributed by atoms with Crippen molar-refractivity contribution in [2.24, 2.45) is 0 Å². The highest BCUT2D eigenvalue weighted by atomic mass is 16.5. The molecular formula is C41H46N2O4. The number of hydrogen-bond donors (Lipinski definition) is 0. The van der Waals surface area contributed by atoms with Crippen LogP contribution in [0.2, 0.25) is 0 Å². The van der Waals surface area contributed by atoms with Crippen LogP contribution in [-0.2, 0) is 11.3 Å². The van der Waals surface area contributed by atoms with Gasteiger partial charge in [0.15, 0.2) is 5.69 Å². The highest BCUT2D eigenvalue weighted by Crippen LogP contribution is 2.30. The molecule has 6 nitrogen and oxygen atoms in total. The maximum Gasteiger partial charge on any atom is 0.338 e. The van der Waals surface area contributed by atoms with Gasteiger partial charge in [0.1, 0.15) is 18.2 Å². The van der Waals surface area contributed by atoms with Gasteiger partial charge in [-0.15, -0.1) is 0 Å². The fourth-order valence-corrected chi connectivity index (χ4v) is 5.87. The maximum absolute atomic E-state index is 12.5. The average molecular weight is 631 g/mol. The van der Waals surface area contributed by atoms with Gasteiger partial charge in [-0.3, -0.25) is 4.90 Å². The molecule has 0 saturated heterocycles.